The maximum Gasteiger partial charge on any atom is 0.308 e. The van der Waals surface area contributed by atoms with Gasteiger partial charge in [0.05, 0.1) is 7.11 Å². The molecule has 0 fully saturated rings. The zero-order valence-corrected chi connectivity index (χ0v) is 10.8. The Bertz CT molecular complexity index is 549. The van der Waals surface area contributed by atoms with Gasteiger partial charge in [-0.15, -0.1) is 10.2 Å². The molecule has 0 aliphatic carbocycles. The zero-order chi connectivity index (χ0) is 13.7. The van der Waals surface area contributed by atoms with Crippen LogP contribution in [0.15, 0.2) is 28.7 Å². The van der Waals surface area contributed by atoms with E-state index in [0.29, 0.717) is 12.4 Å². The Kier molecular flexibility index (Phi) is 4.12. The standard InChI is InChI=1S/C13H15N3O3/c1-3-8-14-11(17)13-16-15-12(19-13)9-4-6-10(18-2)7-5-9/h4-7H,3,8H2,1-2H3,(H,14,17). The minimum absolute atomic E-state index is 0.0285. The lowest BCUT2D eigenvalue weighted by molar-refractivity contribution is 0.0919. The van der Waals surface area contributed by atoms with Gasteiger partial charge < -0.3 is 14.5 Å². The second-order valence-electron chi connectivity index (χ2n) is 3.90. The van der Waals surface area contributed by atoms with Crippen molar-refractivity contribution < 1.29 is 13.9 Å². The number of methoxy groups -OCH3 is 1. The molecule has 2 aromatic rings. The minimum Gasteiger partial charge on any atom is -0.497 e. The van der Waals surface area contributed by atoms with Crippen LogP contribution in [-0.2, 0) is 0 Å². The second kappa shape index (κ2) is 5.99. The maximum absolute atomic E-state index is 11.6. The Morgan fingerprint density at radius 1 is 1.32 bits per heavy atom. The van der Waals surface area contributed by atoms with Gasteiger partial charge in [0.2, 0.25) is 5.89 Å². The quantitative estimate of drug-likeness (QED) is 0.889. The highest BCUT2D eigenvalue weighted by Crippen LogP contribution is 2.20. The molecule has 0 atom stereocenters. The summed E-state index contributed by atoms with van der Waals surface area (Å²) in [6.07, 6.45) is 0.852. The van der Waals surface area contributed by atoms with Crippen molar-refractivity contribution >= 4 is 5.91 Å². The van der Waals surface area contributed by atoms with Crippen molar-refractivity contribution in [2.24, 2.45) is 0 Å². The van der Waals surface area contributed by atoms with E-state index in [1.807, 2.05) is 6.92 Å². The van der Waals surface area contributed by atoms with Gasteiger partial charge >= 0.3 is 11.8 Å². The van der Waals surface area contributed by atoms with Gasteiger partial charge in [0.25, 0.3) is 0 Å². The average molecular weight is 261 g/mol. The molecular weight excluding hydrogens is 246 g/mol. The fourth-order valence-electron chi connectivity index (χ4n) is 1.48. The second-order valence-corrected chi connectivity index (χ2v) is 3.90. The van der Waals surface area contributed by atoms with Gasteiger partial charge in [-0.25, -0.2) is 0 Å². The maximum atomic E-state index is 11.6. The van der Waals surface area contributed by atoms with E-state index in [0.717, 1.165) is 17.7 Å². The largest absolute Gasteiger partial charge is 0.497 e. The summed E-state index contributed by atoms with van der Waals surface area (Å²) in [5.74, 6) is 0.668. The van der Waals surface area contributed by atoms with Crippen LogP contribution in [-0.4, -0.2) is 29.8 Å². The number of rotatable bonds is 5. The van der Waals surface area contributed by atoms with Crippen LogP contribution in [0.2, 0.25) is 0 Å². The third-order valence-electron chi connectivity index (χ3n) is 2.49. The first kappa shape index (κ1) is 13.1. The molecule has 0 aliphatic heterocycles. The molecule has 0 unspecified atom stereocenters. The molecule has 1 aromatic carbocycles. The van der Waals surface area contributed by atoms with Crippen molar-refractivity contribution in [1.29, 1.82) is 0 Å². The van der Waals surface area contributed by atoms with Crippen LogP contribution >= 0.6 is 0 Å². The number of ether oxygens (including phenoxy) is 1. The van der Waals surface area contributed by atoms with E-state index in [-0.39, 0.29) is 11.8 Å². The molecule has 1 aromatic heterocycles. The lowest BCUT2D eigenvalue weighted by Gasteiger charge is -1.99. The smallest absolute Gasteiger partial charge is 0.308 e. The Balaban J connectivity index is 2.13. The molecule has 0 bridgehead atoms. The predicted molar refractivity (Wildman–Crippen MR) is 68.9 cm³/mol. The van der Waals surface area contributed by atoms with Gasteiger partial charge in [0.15, 0.2) is 0 Å². The molecule has 1 N–H and O–H groups in total. The molecule has 2 rings (SSSR count). The van der Waals surface area contributed by atoms with Crippen molar-refractivity contribution in [2.45, 2.75) is 13.3 Å². The first-order chi connectivity index (χ1) is 9.24. The van der Waals surface area contributed by atoms with Crippen LogP contribution in [0.3, 0.4) is 0 Å². The van der Waals surface area contributed by atoms with Crippen molar-refractivity contribution in [2.75, 3.05) is 13.7 Å². The van der Waals surface area contributed by atoms with E-state index in [4.69, 9.17) is 9.15 Å². The van der Waals surface area contributed by atoms with E-state index in [2.05, 4.69) is 15.5 Å². The topological polar surface area (TPSA) is 77.2 Å². The highest BCUT2D eigenvalue weighted by atomic mass is 16.5. The summed E-state index contributed by atoms with van der Waals surface area (Å²) < 4.78 is 10.4. The van der Waals surface area contributed by atoms with Crippen LogP contribution in [0.1, 0.15) is 24.0 Å². The molecule has 1 heterocycles. The molecule has 0 radical (unpaired) electrons. The lowest BCUT2D eigenvalue weighted by atomic mass is 10.2. The predicted octanol–water partition coefficient (Wildman–Crippen LogP) is 1.88. The number of hydrogen-bond acceptors (Lipinski definition) is 5. The van der Waals surface area contributed by atoms with Gasteiger partial charge in [-0.3, -0.25) is 4.79 Å². The number of nitrogens with zero attached hydrogens (tertiary/aromatic N) is 2. The van der Waals surface area contributed by atoms with E-state index < -0.39 is 0 Å². The summed E-state index contributed by atoms with van der Waals surface area (Å²) >= 11 is 0. The van der Waals surface area contributed by atoms with Crippen LogP contribution in [0, 0.1) is 0 Å². The Morgan fingerprint density at radius 3 is 2.68 bits per heavy atom. The molecule has 100 valence electrons. The summed E-state index contributed by atoms with van der Waals surface area (Å²) in [4.78, 5) is 11.6. The molecule has 0 saturated carbocycles. The van der Waals surface area contributed by atoms with Gasteiger partial charge in [-0.2, -0.15) is 0 Å². The van der Waals surface area contributed by atoms with E-state index in [1.54, 1.807) is 31.4 Å². The van der Waals surface area contributed by atoms with E-state index in [1.165, 1.54) is 0 Å². The number of hydrogen-bond donors (Lipinski definition) is 1. The van der Waals surface area contributed by atoms with Gasteiger partial charge in [-0.05, 0) is 30.7 Å². The minimum atomic E-state index is -0.353. The highest BCUT2D eigenvalue weighted by Gasteiger charge is 2.15. The first-order valence-electron chi connectivity index (χ1n) is 6.00. The molecule has 0 spiro atoms. The molecule has 1 amide bonds. The van der Waals surface area contributed by atoms with Crippen LogP contribution < -0.4 is 10.1 Å². The monoisotopic (exact) mass is 261 g/mol. The van der Waals surface area contributed by atoms with E-state index >= 15 is 0 Å². The summed E-state index contributed by atoms with van der Waals surface area (Å²) in [7, 11) is 1.60. The van der Waals surface area contributed by atoms with Gasteiger partial charge in [0, 0.05) is 12.1 Å². The van der Waals surface area contributed by atoms with E-state index in [9.17, 15) is 4.79 Å². The van der Waals surface area contributed by atoms with Crippen molar-refractivity contribution in [3.05, 3.63) is 30.2 Å². The molecule has 19 heavy (non-hydrogen) atoms. The lowest BCUT2D eigenvalue weighted by Crippen LogP contribution is -2.24. The average Bonchev–Trinajstić information content (AvgIpc) is 2.94. The fraction of sp³-hybridized carbons (Fsp3) is 0.308. The molecule has 0 aliphatic rings. The number of amides is 1. The fourth-order valence-corrected chi connectivity index (χ4v) is 1.48. The molecule has 6 nitrogen and oxygen atoms in total. The Morgan fingerprint density at radius 2 is 2.05 bits per heavy atom. The Hall–Kier alpha value is -2.37. The van der Waals surface area contributed by atoms with Crippen molar-refractivity contribution in [3.63, 3.8) is 0 Å². The normalized spacial score (nSPS) is 10.2. The number of nitrogens with one attached hydrogen (secondary N) is 1. The van der Waals surface area contributed by atoms with Gasteiger partial charge in [0.1, 0.15) is 5.75 Å². The summed E-state index contributed by atoms with van der Waals surface area (Å²) in [6.45, 7) is 2.55. The highest BCUT2D eigenvalue weighted by molar-refractivity contribution is 5.89. The first-order valence-corrected chi connectivity index (χ1v) is 6.00. The molecular formula is C13H15N3O3. The van der Waals surface area contributed by atoms with Crippen LogP contribution in [0.25, 0.3) is 11.5 Å². The summed E-state index contributed by atoms with van der Waals surface area (Å²) in [6, 6.07) is 7.16. The zero-order valence-electron chi connectivity index (χ0n) is 10.8. The Labute approximate surface area is 110 Å². The summed E-state index contributed by atoms with van der Waals surface area (Å²) in [5, 5.41) is 10.3. The number of carbonyl (C=O) groups is 1. The number of benzene rings is 1. The SMILES string of the molecule is CCCNC(=O)c1nnc(-c2ccc(OC)cc2)o1. The molecule has 0 saturated heterocycles. The summed E-state index contributed by atoms with van der Waals surface area (Å²) in [5.41, 5.74) is 0.739. The van der Waals surface area contributed by atoms with Crippen LogP contribution in [0.4, 0.5) is 0 Å². The number of carbonyl (C=O) groups excluding carboxylic acids is 1. The van der Waals surface area contributed by atoms with Gasteiger partial charge in [-0.1, -0.05) is 6.92 Å². The third kappa shape index (κ3) is 3.09. The van der Waals surface area contributed by atoms with Crippen LogP contribution in [0.5, 0.6) is 5.75 Å². The third-order valence-corrected chi connectivity index (χ3v) is 2.49. The number of aromatic nitrogens is 2. The van der Waals surface area contributed by atoms with Crippen molar-refractivity contribution in [1.82, 2.24) is 15.5 Å². The van der Waals surface area contributed by atoms with Crippen molar-refractivity contribution in [3.8, 4) is 17.2 Å². The molecule has 6 heteroatoms.